The molecule has 1 aromatic heterocycles. The summed E-state index contributed by atoms with van der Waals surface area (Å²) in [7, 11) is 0. The standard InChI is InChI=1S/C30H21Cl2N3O4S2/c31-23-12-11-20(15-24(23)32)35-27(36)17-26(30(35)39)41-22-9-4-8-19(14-22)33-29(38)25(16-21-10-5-13-40-21)34-28(37)18-6-2-1-3-7-18/h1-16,26H,17H2,(H,33,38)(H,34,37)/b25-16-. The van der Waals surface area contributed by atoms with Crippen LogP contribution in [0.2, 0.25) is 10.0 Å². The molecule has 1 fully saturated rings. The maximum atomic E-state index is 13.3. The smallest absolute Gasteiger partial charge is 0.272 e. The predicted molar refractivity (Wildman–Crippen MR) is 164 cm³/mol. The maximum absolute atomic E-state index is 13.3. The average molecular weight is 623 g/mol. The van der Waals surface area contributed by atoms with Crippen molar-refractivity contribution in [1.29, 1.82) is 0 Å². The zero-order valence-electron chi connectivity index (χ0n) is 21.2. The van der Waals surface area contributed by atoms with Gasteiger partial charge in [-0.3, -0.25) is 19.2 Å². The second kappa shape index (κ2) is 12.7. The molecule has 5 rings (SSSR count). The van der Waals surface area contributed by atoms with E-state index in [1.807, 2.05) is 17.5 Å². The van der Waals surface area contributed by atoms with Gasteiger partial charge in [0.05, 0.1) is 21.0 Å². The highest BCUT2D eigenvalue weighted by Gasteiger charge is 2.40. The molecular weight excluding hydrogens is 601 g/mol. The summed E-state index contributed by atoms with van der Waals surface area (Å²) < 4.78 is 0. The molecule has 11 heteroatoms. The number of nitrogens with one attached hydrogen (secondary N) is 2. The van der Waals surface area contributed by atoms with Crippen LogP contribution in [0.1, 0.15) is 21.7 Å². The van der Waals surface area contributed by atoms with Crippen LogP contribution in [-0.4, -0.2) is 28.9 Å². The fraction of sp³-hybridized carbons (Fsp3) is 0.0667. The Morgan fingerprint density at radius 3 is 2.46 bits per heavy atom. The SMILES string of the molecule is O=C(Nc1cccc(SC2CC(=O)N(c3ccc(Cl)c(Cl)c3)C2=O)c1)/C(=C/c1cccs1)NC(=O)c1ccccc1. The predicted octanol–water partition coefficient (Wildman–Crippen LogP) is 6.89. The molecule has 7 nitrogen and oxygen atoms in total. The third kappa shape index (κ3) is 6.89. The van der Waals surface area contributed by atoms with E-state index in [4.69, 9.17) is 23.2 Å². The Morgan fingerprint density at radius 2 is 1.73 bits per heavy atom. The van der Waals surface area contributed by atoms with Crippen molar-refractivity contribution in [3.05, 3.63) is 116 Å². The number of carbonyl (C=O) groups is 4. The van der Waals surface area contributed by atoms with E-state index in [1.54, 1.807) is 66.7 Å². The lowest BCUT2D eigenvalue weighted by Crippen LogP contribution is -2.31. The Labute approximate surface area is 254 Å². The van der Waals surface area contributed by atoms with Crippen molar-refractivity contribution in [1.82, 2.24) is 5.32 Å². The molecule has 2 N–H and O–H groups in total. The first kappa shape index (κ1) is 28.6. The Balaban J connectivity index is 1.30. The molecule has 1 saturated heterocycles. The summed E-state index contributed by atoms with van der Waals surface area (Å²) in [6.45, 7) is 0. The van der Waals surface area contributed by atoms with Crippen LogP contribution in [-0.2, 0) is 14.4 Å². The molecular formula is C30H21Cl2N3O4S2. The second-order valence-corrected chi connectivity index (χ2v) is 11.9. The Kier molecular flexibility index (Phi) is 8.90. The number of nitrogens with zero attached hydrogens (tertiary/aromatic N) is 1. The van der Waals surface area contributed by atoms with Crippen molar-refractivity contribution < 1.29 is 19.2 Å². The van der Waals surface area contributed by atoms with Crippen molar-refractivity contribution in [2.45, 2.75) is 16.6 Å². The van der Waals surface area contributed by atoms with Crippen LogP contribution in [0.15, 0.2) is 101 Å². The van der Waals surface area contributed by atoms with Crippen LogP contribution < -0.4 is 15.5 Å². The number of thioether (sulfide) groups is 1. The number of amides is 4. The van der Waals surface area contributed by atoms with E-state index in [1.165, 1.54) is 35.2 Å². The fourth-order valence-corrected chi connectivity index (χ4v) is 6.12. The third-order valence-corrected chi connectivity index (χ3v) is 8.73. The molecule has 0 bridgehead atoms. The van der Waals surface area contributed by atoms with Crippen LogP contribution >= 0.6 is 46.3 Å². The number of hydrogen-bond acceptors (Lipinski definition) is 6. The highest BCUT2D eigenvalue weighted by atomic mass is 35.5. The van der Waals surface area contributed by atoms with E-state index in [9.17, 15) is 19.2 Å². The van der Waals surface area contributed by atoms with Crippen LogP contribution in [0.5, 0.6) is 0 Å². The lowest BCUT2D eigenvalue weighted by Gasteiger charge is -2.16. The topological polar surface area (TPSA) is 95.6 Å². The van der Waals surface area contributed by atoms with Crippen molar-refractivity contribution in [2.75, 3.05) is 10.2 Å². The summed E-state index contributed by atoms with van der Waals surface area (Å²) in [5.74, 6) is -1.63. The van der Waals surface area contributed by atoms with Gasteiger partial charge < -0.3 is 10.6 Å². The van der Waals surface area contributed by atoms with Gasteiger partial charge in [0.25, 0.3) is 11.8 Å². The van der Waals surface area contributed by atoms with Gasteiger partial charge in [0.15, 0.2) is 0 Å². The number of imide groups is 1. The first-order valence-electron chi connectivity index (χ1n) is 12.3. The summed E-state index contributed by atoms with van der Waals surface area (Å²) >= 11 is 14.7. The summed E-state index contributed by atoms with van der Waals surface area (Å²) in [5, 5.41) is 7.33. The third-order valence-electron chi connectivity index (χ3n) is 6.00. The minimum atomic E-state index is -0.651. The number of carbonyl (C=O) groups excluding carboxylic acids is 4. The maximum Gasteiger partial charge on any atom is 0.272 e. The molecule has 0 saturated carbocycles. The first-order valence-corrected chi connectivity index (χ1v) is 14.8. The van der Waals surface area contributed by atoms with Crippen molar-refractivity contribution in [3.63, 3.8) is 0 Å². The Morgan fingerprint density at radius 1 is 0.927 bits per heavy atom. The molecule has 206 valence electrons. The second-order valence-electron chi connectivity index (χ2n) is 8.85. The molecule has 41 heavy (non-hydrogen) atoms. The lowest BCUT2D eigenvalue weighted by molar-refractivity contribution is -0.121. The molecule has 1 atom stereocenters. The zero-order valence-corrected chi connectivity index (χ0v) is 24.3. The molecule has 0 aliphatic carbocycles. The van der Waals surface area contributed by atoms with E-state index in [-0.39, 0.29) is 29.0 Å². The number of halogens is 2. The molecule has 1 aliphatic heterocycles. The number of anilines is 2. The summed E-state index contributed by atoms with van der Waals surface area (Å²) in [6, 6.07) is 23.8. The number of thiophene rings is 1. The number of benzene rings is 3. The summed E-state index contributed by atoms with van der Waals surface area (Å²) in [5.41, 5.74) is 1.32. The average Bonchev–Trinajstić information content (AvgIpc) is 3.57. The molecule has 4 aromatic rings. The minimum Gasteiger partial charge on any atom is -0.321 e. The molecule has 1 aliphatic rings. The molecule has 4 amide bonds. The van der Waals surface area contributed by atoms with Gasteiger partial charge in [0, 0.05) is 27.4 Å². The molecule has 1 unspecified atom stereocenters. The van der Waals surface area contributed by atoms with Gasteiger partial charge in [-0.2, -0.15) is 0 Å². The molecule has 0 spiro atoms. The summed E-state index contributed by atoms with van der Waals surface area (Å²) in [6.07, 6.45) is 1.62. The largest absolute Gasteiger partial charge is 0.321 e. The van der Waals surface area contributed by atoms with Gasteiger partial charge in [-0.1, -0.05) is 53.5 Å². The number of rotatable bonds is 8. The molecule has 2 heterocycles. The van der Waals surface area contributed by atoms with Crippen molar-refractivity contribution >= 4 is 87.4 Å². The Hall–Kier alpha value is -3.89. The van der Waals surface area contributed by atoms with E-state index < -0.39 is 17.1 Å². The van der Waals surface area contributed by atoms with Gasteiger partial charge >= 0.3 is 0 Å². The highest BCUT2D eigenvalue weighted by Crippen LogP contribution is 2.36. The van der Waals surface area contributed by atoms with Gasteiger partial charge in [-0.25, -0.2) is 4.90 Å². The van der Waals surface area contributed by atoms with Gasteiger partial charge in [0.1, 0.15) is 5.70 Å². The molecule has 3 aromatic carbocycles. The molecule has 0 radical (unpaired) electrons. The van der Waals surface area contributed by atoms with Crippen LogP contribution in [0.25, 0.3) is 6.08 Å². The van der Waals surface area contributed by atoms with Gasteiger partial charge in [-0.15, -0.1) is 23.1 Å². The monoisotopic (exact) mass is 621 g/mol. The Bertz CT molecular complexity index is 1660. The number of hydrogen-bond donors (Lipinski definition) is 2. The first-order chi connectivity index (χ1) is 19.8. The quantitative estimate of drug-likeness (QED) is 0.165. The highest BCUT2D eigenvalue weighted by molar-refractivity contribution is 8.00. The fourth-order valence-electron chi connectivity index (χ4n) is 4.06. The zero-order chi connectivity index (χ0) is 28.9. The lowest BCUT2D eigenvalue weighted by atomic mass is 10.2. The summed E-state index contributed by atoms with van der Waals surface area (Å²) in [4.78, 5) is 54.5. The van der Waals surface area contributed by atoms with E-state index in [0.717, 1.165) is 9.78 Å². The van der Waals surface area contributed by atoms with Gasteiger partial charge in [0.2, 0.25) is 11.8 Å². The van der Waals surface area contributed by atoms with E-state index >= 15 is 0 Å². The van der Waals surface area contributed by atoms with Crippen LogP contribution in [0, 0.1) is 0 Å². The van der Waals surface area contributed by atoms with Crippen LogP contribution in [0.4, 0.5) is 11.4 Å². The van der Waals surface area contributed by atoms with Crippen molar-refractivity contribution in [3.8, 4) is 0 Å². The minimum absolute atomic E-state index is 0.0134. The van der Waals surface area contributed by atoms with Gasteiger partial charge in [-0.05, 0) is 66.1 Å². The van der Waals surface area contributed by atoms with Crippen LogP contribution in [0.3, 0.4) is 0 Å². The normalized spacial score (nSPS) is 15.2. The van der Waals surface area contributed by atoms with Crippen molar-refractivity contribution in [2.24, 2.45) is 0 Å². The van der Waals surface area contributed by atoms with E-state index in [0.29, 0.717) is 26.9 Å². The van der Waals surface area contributed by atoms with E-state index in [2.05, 4.69) is 10.6 Å².